The summed E-state index contributed by atoms with van der Waals surface area (Å²) >= 11 is 0. The molecule has 0 aromatic heterocycles. The van der Waals surface area contributed by atoms with Crippen LogP contribution in [-0.4, -0.2) is 18.6 Å². The Kier molecular flexibility index (Phi) is 5.10. The SMILES string of the molecule is CCCC1(CN=C(N)Nc2ccc(OC(C)C)cc2)CC1. The van der Waals surface area contributed by atoms with Crippen LogP contribution >= 0.6 is 0 Å². The van der Waals surface area contributed by atoms with Gasteiger partial charge in [-0.3, -0.25) is 4.99 Å². The third-order valence-corrected chi connectivity index (χ3v) is 3.82. The Bertz CT molecular complexity index is 475. The van der Waals surface area contributed by atoms with Gasteiger partial charge in [-0.2, -0.15) is 0 Å². The Labute approximate surface area is 127 Å². The van der Waals surface area contributed by atoms with Gasteiger partial charge < -0.3 is 15.8 Å². The molecule has 0 aliphatic heterocycles. The van der Waals surface area contributed by atoms with Gasteiger partial charge in [0.1, 0.15) is 5.75 Å². The summed E-state index contributed by atoms with van der Waals surface area (Å²) < 4.78 is 5.61. The van der Waals surface area contributed by atoms with Gasteiger partial charge in [-0.05, 0) is 62.8 Å². The summed E-state index contributed by atoms with van der Waals surface area (Å²) in [7, 11) is 0. The van der Waals surface area contributed by atoms with Crippen LogP contribution < -0.4 is 15.8 Å². The summed E-state index contributed by atoms with van der Waals surface area (Å²) in [5, 5.41) is 3.14. The molecule has 0 saturated heterocycles. The van der Waals surface area contributed by atoms with E-state index in [4.69, 9.17) is 10.5 Å². The Morgan fingerprint density at radius 1 is 1.33 bits per heavy atom. The van der Waals surface area contributed by atoms with E-state index in [1.807, 2.05) is 38.1 Å². The number of rotatable bonds is 7. The Morgan fingerprint density at radius 3 is 2.52 bits per heavy atom. The first-order valence-electron chi connectivity index (χ1n) is 7.87. The molecule has 3 N–H and O–H groups in total. The van der Waals surface area contributed by atoms with Gasteiger partial charge in [0.25, 0.3) is 0 Å². The van der Waals surface area contributed by atoms with E-state index in [9.17, 15) is 0 Å². The topological polar surface area (TPSA) is 59.6 Å². The number of ether oxygens (including phenoxy) is 1. The van der Waals surface area contributed by atoms with Crippen molar-refractivity contribution in [3.05, 3.63) is 24.3 Å². The van der Waals surface area contributed by atoms with Crippen LogP contribution in [0.1, 0.15) is 46.5 Å². The zero-order valence-corrected chi connectivity index (χ0v) is 13.4. The molecule has 1 aromatic carbocycles. The molecule has 2 rings (SSSR count). The summed E-state index contributed by atoms with van der Waals surface area (Å²) in [6, 6.07) is 7.79. The van der Waals surface area contributed by atoms with E-state index in [2.05, 4.69) is 17.2 Å². The van der Waals surface area contributed by atoms with Crippen molar-refractivity contribution in [2.24, 2.45) is 16.1 Å². The number of anilines is 1. The smallest absolute Gasteiger partial charge is 0.193 e. The van der Waals surface area contributed by atoms with Gasteiger partial charge in [0.2, 0.25) is 0 Å². The molecule has 4 nitrogen and oxygen atoms in total. The number of nitrogens with two attached hydrogens (primary N) is 1. The first-order chi connectivity index (χ1) is 10.0. The maximum Gasteiger partial charge on any atom is 0.193 e. The van der Waals surface area contributed by atoms with E-state index < -0.39 is 0 Å². The molecule has 0 heterocycles. The molecule has 1 aromatic rings. The number of hydrogen-bond acceptors (Lipinski definition) is 2. The van der Waals surface area contributed by atoms with Crippen molar-refractivity contribution in [1.29, 1.82) is 0 Å². The third-order valence-electron chi connectivity index (χ3n) is 3.82. The first-order valence-corrected chi connectivity index (χ1v) is 7.87. The molecule has 21 heavy (non-hydrogen) atoms. The normalized spacial score (nSPS) is 16.9. The van der Waals surface area contributed by atoms with Crippen LogP contribution in [0.2, 0.25) is 0 Å². The van der Waals surface area contributed by atoms with Crippen LogP contribution in [-0.2, 0) is 0 Å². The Balaban J connectivity index is 1.86. The standard InChI is InChI=1S/C17H27N3O/c1-4-9-17(10-11-17)12-19-16(18)20-14-5-7-15(8-6-14)21-13(2)3/h5-8,13H,4,9-12H2,1-3H3,(H3,18,19,20). The van der Waals surface area contributed by atoms with Crippen molar-refractivity contribution in [2.45, 2.75) is 52.6 Å². The zero-order chi connectivity index (χ0) is 15.3. The van der Waals surface area contributed by atoms with Gasteiger partial charge in [0.05, 0.1) is 6.10 Å². The molecule has 0 atom stereocenters. The van der Waals surface area contributed by atoms with Crippen LogP contribution in [0.25, 0.3) is 0 Å². The van der Waals surface area contributed by atoms with Crippen molar-refractivity contribution in [3.8, 4) is 5.75 Å². The molecule has 0 amide bonds. The summed E-state index contributed by atoms with van der Waals surface area (Å²) in [6.07, 6.45) is 5.24. The summed E-state index contributed by atoms with van der Waals surface area (Å²) in [5.41, 5.74) is 7.34. The fraction of sp³-hybridized carbons (Fsp3) is 0.588. The van der Waals surface area contributed by atoms with Crippen molar-refractivity contribution in [2.75, 3.05) is 11.9 Å². The van der Waals surface area contributed by atoms with Gasteiger partial charge in [0.15, 0.2) is 5.96 Å². The molecule has 1 saturated carbocycles. The van der Waals surface area contributed by atoms with Crippen LogP contribution in [0.4, 0.5) is 5.69 Å². The van der Waals surface area contributed by atoms with Crippen LogP contribution in [0, 0.1) is 5.41 Å². The second-order valence-corrected chi connectivity index (χ2v) is 6.27. The number of aliphatic imine (C=N–C) groups is 1. The van der Waals surface area contributed by atoms with Gasteiger partial charge in [-0.25, -0.2) is 0 Å². The largest absolute Gasteiger partial charge is 0.491 e. The van der Waals surface area contributed by atoms with E-state index in [0.29, 0.717) is 11.4 Å². The van der Waals surface area contributed by atoms with Crippen molar-refractivity contribution in [3.63, 3.8) is 0 Å². The number of benzene rings is 1. The highest BCUT2D eigenvalue weighted by molar-refractivity contribution is 5.92. The van der Waals surface area contributed by atoms with E-state index in [1.54, 1.807) is 0 Å². The Morgan fingerprint density at radius 2 is 2.00 bits per heavy atom. The number of nitrogens with zero attached hydrogens (tertiary/aromatic N) is 1. The second-order valence-electron chi connectivity index (χ2n) is 6.27. The molecule has 116 valence electrons. The van der Waals surface area contributed by atoms with Crippen LogP contribution in [0.15, 0.2) is 29.3 Å². The first kappa shape index (κ1) is 15.7. The lowest BCUT2D eigenvalue weighted by atomic mass is 10.0. The molecule has 0 unspecified atom stereocenters. The summed E-state index contributed by atoms with van der Waals surface area (Å²) in [6.45, 7) is 7.10. The predicted molar refractivity (Wildman–Crippen MR) is 88.9 cm³/mol. The number of guanidine groups is 1. The highest BCUT2D eigenvalue weighted by atomic mass is 16.5. The molecule has 1 fully saturated rings. The quantitative estimate of drug-likeness (QED) is 0.593. The molecule has 0 spiro atoms. The van der Waals surface area contributed by atoms with Gasteiger partial charge in [-0.15, -0.1) is 0 Å². The van der Waals surface area contributed by atoms with E-state index in [0.717, 1.165) is 18.0 Å². The van der Waals surface area contributed by atoms with Crippen molar-refractivity contribution < 1.29 is 4.74 Å². The van der Waals surface area contributed by atoms with E-state index in [1.165, 1.54) is 25.7 Å². The molecule has 1 aliphatic carbocycles. The highest BCUT2D eigenvalue weighted by Crippen LogP contribution is 2.49. The fourth-order valence-electron chi connectivity index (χ4n) is 2.52. The molecule has 4 heteroatoms. The second kappa shape index (κ2) is 6.83. The maximum atomic E-state index is 5.96. The highest BCUT2D eigenvalue weighted by Gasteiger charge is 2.41. The summed E-state index contributed by atoms with van der Waals surface area (Å²) in [4.78, 5) is 4.50. The average Bonchev–Trinajstić information content (AvgIpc) is 3.19. The lowest BCUT2D eigenvalue weighted by molar-refractivity contribution is 0.242. The molecular formula is C17H27N3O. The predicted octanol–water partition coefficient (Wildman–Crippen LogP) is 3.78. The molecule has 0 radical (unpaired) electrons. The van der Waals surface area contributed by atoms with E-state index >= 15 is 0 Å². The minimum atomic E-state index is 0.184. The lowest BCUT2D eigenvalue weighted by Crippen LogP contribution is -2.24. The van der Waals surface area contributed by atoms with Gasteiger partial charge in [-0.1, -0.05) is 13.3 Å². The number of hydrogen-bond donors (Lipinski definition) is 2. The van der Waals surface area contributed by atoms with Gasteiger partial charge in [0, 0.05) is 12.2 Å². The maximum absolute atomic E-state index is 5.96. The van der Waals surface area contributed by atoms with Crippen LogP contribution in [0.3, 0.4) is 0 Å². The third kappa shape index (κ3) is 4.96. The number of nitrogens with one attached hydrogen (secondary N) is 1. The summed E-state index contributed by atoms with van der Waals surface area (Å²) in [5.74, 6) is 1.36. The van der Waals surface area contributed by atoms with Gasteiger partial charge >= 0.3 is 0 Å². The van der Waals surface area contributed by atoms with Crippen molar-refractivity contribution in [1.82, 2.24) is 0 Å². The monoisotopic (exact) mass is 289 g/mol. The molecule has 0 bridgehead atoms. The van der Waals surface area contributed by atoms with E-state index in [-0.39, 0.29) is 6.10 Å². The Hall–Kier alpha value is -1.71. The lowest BCUT2D eigenvalue weighted by Gasteiger charge is -2.12. The average molecular weight is 289 g/mol. The zero-order valence-electron chi connectivity index (χ0n) is 13.4. The van der Waals surface area contributed by atoms with Crippen LogP contribution in [0.5, 0.6) is 5.75 Å². The fourth-order valence-corrected chi connectivity index (χ4v) is 2.52. The minimum absolute atomic E-state index is 0.184. The molecule has 1 aliphatic rings. The van der Waals surface area contributed by atoms with Crippen molar-refractivity contribution >= 4 is 11.6 Å². The minimum Gasteiger partial charge on any atom is -0.491 e. The molecular weight excluding hydrogens is 262 g/mol.